The van der Waals surface area contributed by atoms with Crippen molar-refractivity contribution < 1.29 is 4.74 Å². The average molecular weight is 192 g/mol. The zero-order valence-electron chi connectivity index (χ0n) is 8.49. The van der Waals surface area contributed by atoms with Crippen molar-refractivity contribution in [3.05, 3.63) is 23.9 Å². The van der Waals surface area contributed by atoms with Crippen LogP contribution < -0.4 is 5.32 Å². The Morgan fingerprint density at radius 1 is 1.50 bits per heavy atom. The van der Waals surface area contributed by atoms with Gasteiger partial charge in [-0.3, -0.25) is 0 Å². The zero-order chi connectivity index (χ0) is 9.80. The quantitative estimate of drug-likeness (QED) is 0.794. The van der Waals surface area contributed by atoms with Crippen molar-refractivity contribution in [3.63, 3.8) is 0 Å². The van der Waals surface area contributed by atoms with Crippen LogP contribution in [0.3, 0.4) is 0 Å². The van der Waals surface area contributed by atoms with E-state index >= 15 is 0 Å². The molecule has 76 valence electrons. The lowest BCUT2D eigenvalue weighted by atomic mass is 9.96. The number of hydrogen-bond acceptors (Lipinski definition) is 3. The van der Waals surface area contributed by atoms with Gasteiger partial charge < -0.3 is 10.1 Å². The van der Waals surface area contributed by atoms with Crippen LogP contribution in [-0.4, -0.2) is 18.1 Å². The molecular formula is C11H16N2O. The Balaban J connectivity index is 1.87. The van der Waals surface area contributed by atoms with Gasteiger partial charge in [0.05, 0.1) is 18.4 Å². The lowest BCUT2D eigenvalue weighted by Gasteiger charge is -2.25. The van der Waals surface area contributed by atoms with E-state index < -0.39 is 0 Å². The van der Waals surface area contributed by atoms with Gasteiger partial charge in [-0.2, -0.15) is 0 Å². The maximum Gasteiger partial charge on any atom is 0.126 e. The van der Waals surface area contributed by atoms with E-state index in [2.05, 4.69) is 10.3 Å². The van der Waals surface area contributed by atoms with E-state index in [1.165, 1.54) is 19.3 Å². The molecule has 0 atom stereocenters. The number of nitrogens with one attached hydrogen (secondary N) is 1. The van der Waals surface area contributed by atoms with Gasteiger partial charge in [0.2, 0.25) is 0 Å². The largest absolute Gasteiger partial charge is 0.373 e. The molecule has 0 radical (unpaired) electrons. The van der Waals surface area contributed by atoms with Gasteiger partial charge >= 0.3 is 0 Å². The standard InChI is InChI=1S/C11H16N2O/c1-12-11-7-2-4-9(13-11)8-14-10-5-3-6-10/h2,4,7,10H,3,5-6,8H2,1H3,(H,12,13). The molecule has 0 bridgehead atoms. The van der Waals surface area contributed by atoms with Crippen LogP contribution in [0.15, 0.2) is 18.2 Å². The average Bonchev–Trinajstić information content (AvgIpc) is 2.16. The minimum absolute atomic E-state index is 0.482. The van der Waals surface area contributed by atoms with Crippen LogP contribution >= 0.6 is 0 Å². The second-order valence-electron chi connectivity index (χ2n) is 3.63. The molecule has 1 saturated carbocycles. The zero-order valence-corrected chi connectivity index (χ0v) is 8.49. The molecule has 1 aliphatic rings. The lowest BCUT2D eigenvalue weighted by molar-refractivity contribution is -0.0100. The van der Waals surface area contributed by atoms with E-state index in [9.17, 15) is 0 Å². The second-order valence-corrected chi connectivity index (χ2v) is 3.63. The van der Waals surface area contributed by atoms with Crippen LogP contribution in [0, 0.1) is 0 Å². The highest BCUT2D eigenvalue weighted by Gasteiger charge is 2.17. The molecular weight excluding hydrogens is 176 g/mol. The second kappa shape index (κ2) is 4.42. The molecule has 2 rings (SSSR count). The van der Waals surface area contributed by atoms with Crippen molar-refractivity contribution >= 4 is 5.82 Å². The number of aromatic nitrogens is 1. The van der Waals surface area contributed by atoms with Crippen molar-refractivity contribution in [2.75, 3.05) is 12.4 Å². The highest BCUT2D eigenvalue weighted by atomic mass is 16.5. The molecule has 0 amide bonds. The molecule has 1 aromatic rings. The fraction of sp³-hybridized carbons (Fsp3) is 0.545. The number of ether oxygens (including phenoxy) is 1. The maximum absolute atomic E-state index is 5.67. The summed E-state index contributed by atoms with van der Waals surface area (Å²) in [5.74, 6) is 0.903. The van der Waals surface area contributed by atoms with E-state index in [0.29, 0.717) is 12.7 Å². The van der Waals surface area contributed by atoms with Gasteiger partial charge in [0, 0.05) is 7.05 Å². The minimum atomic E-state index is 0.482. The van der Waals surface area contributed by atoms with Gasteiger partial charge in [-0.1, -0.05) is 6.07 Å². The summed E-state index contributed by atoms with van der Waals surface area (Å²) in [6.45, 7) is 0.639. The van der Waals surface area contributed by atoms with Crippen LogP contribution in [0.4, 0.5) is 5.82 Å². The van der Waals surface area contributed by atoms with Crippen LogP contribution in [0.25, 0.3) is 0 Å². The van der Waals surface area contributed by atoms with Crippen molar-refractivity contribution in [1.29, 1.82) is 0 Å². The first-order valence-corrected chi connectivity index (χ1v) is 5.14. The van der Waals surface area contributed by atoms with E-state index in [1.54, 1.807) is 0 Å². The van der Waals surface area contributed by atoms with Crippen LogP contribution in [-0.2, 0) is 11.3 Å². The Labute approximate surface area is 84.5 Å². The molecule has 1 heterocycles. The molecule has 1 aromatic heterocycles. The van der Waals surface area contributed by atoms with Gasteiger partial charge in [0.1, 0.15) is 5.82 Å². The SMILES string of the molecule is CNc1cccc(COC2CCC2)n1. The third kappa shape index (κ3) is 2.23. The Morgan fingerprint density at radius 2 is 2.36 bits per heavy atom. The van der Waals surface area contributed by atoms with E-state index in [-0.39, 0.29) is 0 Å². The molecule has 0 aromatic carbocycles. The van der Waals surface area contributed by atoms with Crippen molar-refractivity contribution in [1.82, 2.24) is 4.98 Å². The van der Waals surface area contributed by atoms with E-state index in [1.807, 2.05) is 25.2 Å². The van der Waals surface area contributed by atoms with E-state index in [0.717, 1.165) is 11.5 Å². The number of anilines is 1. The van der Waals surface area contributed by atoms with Gasteiger partial charge in [-0.15, -0.1) is 0 Å². The monoisotopic (exact) mass is 192 g/mol. The van der Waals surface area contributed by atoms with Crippen LogP contribution in [0.2, 0.25) is 0 Å². The van der Waals surface area contributed by atoms with Crippen molar-refractivity contribution in [3.8, 4) is 0 Å². The number of nitrogens with zero attached hydrogens (tertiary/aromatic N) is 1. The van der Waals surface area contributed by atoms with E-state index in [4.69, 9.17) is 4.74 Å². The maximum atomic E-state index is 5.67. The normalized spacial score (nSPS) is 16.4. The Hall–Kier alpha value is -1.09. The predicted octanol–water partition coefficient (Wildman–Crippen LogP) is 2.19. The Morgan fingerprint density at radius 3 is 3.00 bits per heavy atom. The van der Waals surface area contributed by atoms with Gasteiger partial charge in [0.25, 0.3) is 0 Å². The summed E-state index contributed by atoms with van der Waals surface area (Å²) in [4.78, 5) is 4.39. The molecule has 1 fully saturated rings. The molecule has 0 aliphatic heterocycles. The summed E-state index contributed by atoms with van der Waals surface area (Å²) in [7, 11) is 1.87. The van der Waals surface area contributed by atoms with Gasteiger partial charge in [-0.05, 0) is 31.4 Å². The van der Waals surface area contributed by atoms with Crippen molar-refractivity contribution in [2.24, 2.45) is 0 Å². The number of hydrogen-bond donors (Lipinski definition) is 1. The fourth-order valence-electron chi connectivity index (χ4n) is 1.44. The lowest BCUT2D eigenvalue weighted by Crippen LogP contribution is -2.21. The summed E-state index contributed by atoms with van der Waals surface area (Å²) in [5, 5.41) is 3.02. The highest BCUT2D eigenvalue weighted by Crippen LogP contribution is 2.22. The smallest absolute Gasteiger partial charge is 0.126 e. The molecule has 14 heavy (non-hydrogen) atoms. The molecule has 0 unspecified atom stereocenters. The van der Waals surface area contributed by atoms with Crippen LogP contribution in [0.5, 0.6) is 0 Å². The summed E-state index contributed by atoms with van der Waals surface area (Å²) >= 11 is 0. The predicted molar refractivity (Wildman–Crippen MR) is 56.2 cm³/mol. The topological polar surface area (TPSA) is 34.1 Å². The number of rotatable bonds is 4. The molecule has 1 N–H and O–H groups in total. The molecule has 3 nitrogen and oxygen atoms in total. The van der Waals surface area contributed by atoms with Gasteiger partial charge in [-0.25, -0.2) is 4.98 Å². The summed E-state index contributed by atoms with van der Waals surface area (Å²) in [5.41, 5.74) is 1.00. The van der Waals surface area contributed by atoms with Gasteiger partial charge in [0.15, 0.2) is 0 Å². The highest BCUT2D eigenvalue weighted by molar-refractivity contribution is 5.34. The minimum Gasteiger partial charge on any atom is -0.373 e. The molecule has 3 heteroatoms. The first-order chi connectivity index (χ1) is 6.88. The third-order valence-corrected chi connectivity index (χ3v) is 2.58. The summed E-state index contributed by atoms with van der Waals surface area (Å²) in [6, 6.07) is 5.95. The Bertz CT molecular complexity index is 297. The number of pyridine rings is 1. The van der Waals surface area contributed by atoms with Crippen molar-refractivity contribution in [2.45, 2.75) is 32.0 Å². The first-order valence-electron chi connectivity index (χ1n) is 5.14. The first kappa shape index (κ1) is 9.46. The molecule has 1 aliphatic carbocycles. The summed E-state index contributed by atoms with van der Waals surface area (Å²) in [6.07, 6.45) is 4.22. The molecule has 0 saturated heterocycles. The molecule has 0 spiro atoms. The Kier molecular flexibility index (Phi) is 2.99. The summed E-state index contributed by atoms with van der Waals surface area (Å²) < 4.78 is 5.67. The van der Waals surface area contributed by atoms with Crippen LogP contribution in [0.1, 0.15) is 25.0 Å². The third-order valence-electron chi connectivity index (χ3n) is 2.58. The fourth-order valence-corrected chi connectivity index (χ4v) is 1.44.